The molecule has 2 saturated carbocycles. The maximum atomic E-state index is 5.98. The van der Waals surface area contributed by atoms with Gasteiger partial charge in [0.2, 0.25) is 5.89 Å². The van der Waals surface area contributed by atoms with Crippen molar-refractivity contribution in [2.45, 2.75) is 50.7 Å². The lowest BCUT2D eigenvalue weighted by Crippen LogP contribution is -2.27. The molecule has 3 unspecified atom stereocenters. The highest BCUT2D eigenvalue weighted by molar-refractivity contribution is 5.07. The molecule has 0 aromatic carbocycles. The lowest BCUT2D eigenvalue weighted by Gasteiger charge is -2.26. The number of nitrogens with two attached hydrogens (primary N) is 1. The van der Waals surface area contributed by atoms with Crippen LogP contribution >= 0.6 is 0 Å². The first-order chi connectivity index (χ1) is 8.24. The molecular weight excluding hydrogens is 218 g/mol. The van der Waals surface area contributed by atoms with E-state index in [2.05, 4.69) is 17.1 Å². The Labute approximate surface area is 101 Å². The smallest absolute Gasteiger partial charge is 0.230 e. The van der Waals surface area contributed by atoms with Gasteiger partial charge in [-0.2, -0.15) is 4.98 Å². The summed E-state index contributed by atoms with van der Waals surface area (Å²) in [5, 5.41) is 3.94. The fraction of sp³-hybridized carbons (Fsp3) is 0.833. The zero-order chi connectivity index (χ0) is 11.8. The van der Waals surface area contributed by atoms with E-state index in [9.17, 15) is 0 Å². The third-order valence-electron chi connectivity index (χ3n) is 3.78. The minimum atomic E-state index is -0.262. The quantitative estimate of drug-likeness (QED) is 0.844. The summed E-state index contributed by atoms with van der Waals surface area (Å²) < 4.78 is 10.9. The zero-order valence-corrected chi connectivity index (χ0v) is 10.1. The average molecular weight is 237 g/mol. The summed E-state index contributed by atoms with van der Waals surface area (Å²) in [5.41, 5.74) is 5.98. The molecule has 17 heavy (non-hydrogen) atoms. The fourth-order valence-corrected chi connectivity index (χ4v) is 2.07. The van der Waals surface area contributed by atoms with E-state index >= 15 is 0 Å². The van der Waals surface area contributed by atoms with Crippen LogP contribution < -0.4 is 5.73 Å². The second kappa shape index (κ2) is 4.38. The van der Waals surface area contributed by atoms with E-state index in [-0.39, 0.29) is 6.04 Å². The van der Waals surface area contributed by atoms with Crippen molar-refractivity contribution in [2.24, 2.45) is 11.7 Å². The lowest BCUT2D eigenvalue weighted by molar-refractivity contribution is -0.00549. The van der Waals surface area contributed by atoms with Crippen LogP contribution in [0.5, 0.6) is 0 Å². The molecule has 1 aromatic heterocycles. The van der Waals surface area contributed by atoms with Crippen molar-refractivity contribution in [1.82, 2.24) is 10.1 Å². The van der Waals surface area contributed by atoms with Crippen molar-refractivity contribution < 1.29 is 9.26 Å². The Morgan fingerprint density at radius 1 is 1.53 bits per heavy atom. The normalized spacial score (nSPS) is 30.0. The summed E-state index contributed by atoms with van der Waals surface area (Å²) in [6, 6.07) is -0.262. The minimum absolute atomic E-state index is 0.262. The van der Waals surface area contributed by atoms with Crippen molar-refractivity contribution in [3.05, 3.63) is 11.7 Å². The predicted octanol–water partition coefficient (Wildman–Crippen LogP) is 1.76. The summed E-state index contributed by atoms with van der Waals surface area (Å²) in [4.78, 5) is 4.36. The molecule has 3 rings (SSSR count). The van der Waals surface area contributed by atoms with Gasteiger partial charge in [0, 0.05) is 5.92 Å². The molecule has 0 aliphatic heterocycles. The molecule has 2 aliphatic rings. The van der Waals surface area contributed by atoms with Crippen LogP contribution in [0.25, 0.3) is 0 Å². The molecule has 0 saturated heterocycles. The van der Waals surface area contributed by atoms with Gasteiger partial charge in [0.1, 0.15) is 0 Å². The van der Waals surface area contributed by atoms with Gasteiger partial charge in [-0.05, 0) is 31.6 Å². The van der Waals surface area contributed by atoms with Gasteiger partial charge in [0.25, 0.3) is 0 Å². The number of nitrogens with zero attached hydrogens (tertiary/aromatic N) is 2. The van der Waals surface area contributed by atoms with Gasteiger partial charge in [-0.25, -0.2) is 0 Å². The summed E-state index contributed by atoms with van der Waals surface area (Å²) in [5.74, 6) is 2.45. The van der Waals surface area contributed by atoms with Crippen LogP contribution in [0.3, 0.4) is 0 Å². The van der Waals surface area contributed by atoms with Crippen LogP contribution in [-0.2, 0) is 4.74 Å². The number of aromatic nitrogens is 2. The molecule has 1 heterocycles. The standard InChI is InChI=1S/C12H19N3O2/c1-7-5-9(7)12-14-11(15-17-12)10(13)6-16-8-3-2-4-8/h7-10H,2-6,13H2,1H3. The Morgan fingerprint density at radius 3 is 2.88 bits per heavy atom. The Morgan fingerprint density at radius 2 is 2.29 bits per heavy atom. The summed E-state index contributed by atoms with van der Waals surface area (Å²) in [7, 11) is 0. The third-order valence-corrected chi connectivity index (χ3v) is 3.78. The van der Waals surface area contributed by atoms with E-state index in [0.29, 0.717) is 30.4 Å². The zero-order valence-electron chi connectivity index (χ0n) is 10.1. The SMILES string of the molecule is CC1CC1c1nc(C(N)COC2CCC2)no1. The first-order valence-electron chi connectivity index (χ1n) is 6.44. The molecule has 1 aromatic rings. The minimum Gasteiger partial charge on any atom is -0.376 e. The van der Waals surface area contributed by atoms with Gasteiger partial charge < -0.3 is 15.0 Å². The van der Waals surface area contributed by atoms with E-state index in [1.54, 1.807) is 0 Å². The van der Waals surface area contributed by atoms with E-state index in [0.717, 1.165) is 25.2 Å². The molecule has 2 N–H and O–H groups in total. The average Bonchev–Trinajstić information content (AvgIpc) is 2.79. The first-order valence-corrected chi connectivity index (χ1v) is 6.44. The molecular formula is C12H19N3O2. The molecule has 0 bridgehead atoms. The second-order valence-corrected chi connectivity index (χ2v) is 5.30. The Hall–Kier alpha value is -0.940. The van der Waals surface area contributed by atoms with Gasteiger partial charge in [0.15, 0.2) is 5.82 Å². The largest absolute Gasteiger partial charge is 0.376 e. The third kappa shape index (κ3) is 2.35. The van der Waals surface area contributed by atoms with Crippen LogP contribution in [0.4, 0.5) is 0 Å². The van der Waals surface area contributed by atoms with Gasteiger partial charge in [-0.3, -0.25) is 0 Å². The molecule has 0 radical (unpaired) electrons. The van der Waals surface area contributed by atoms with Crippen LogP contribution in [0, 0.1) is 5.92 Å². The topological polar surface area (TPSA) is 74.2 Å². The van der Waals surface area contributed by atoms with Crippen molar-refractivity contribution in [2.75, 3.05) is 6.61 Å². The Balaban J connectivity index is 1.53. The Bertz CT molecular complexity index is 389. The Kier molecular flexibility index (Phi) is 2.88. The molecule has 3 atom stereocenters. The van der Waals surface area contributed by atoms with Crippen LogP contribution in [-0.4, -0.2) is 22.9 Å². The predicted molar refractivity (Wildman–Crippen MR) is 61.3 cm³/mol. The molecule has 2 fully saturated rings. The highest BCUT2D eigenvalue weighted by Crippen LogP contribution is 2.46. The monoisotopic (exact) mass is 237 g/mol. The molecule has 2 aliphatic carbocycles. The fourth-order valence-electron chi connectivity index (χ4n) is 2.07. The number of ether oxygens (including phenoxy) is 1. The maximum absolute atomic E-state index is 5.98. The molecule has 94 valence electrons. The van der Waals surface area contributed by atoms with E-state index in [1.807, 2.05) is 0 Å². The van der Waals surface area contributed by atoms with Crippen LogP contribution in [0.15, 0.2) is 4.52 Å². The number of rotatable bonds is 5. The van der Waals surface area contributed by atoms with Crippen molar-refractivity contribution in [3.8, 4) is 0 Å². The summed E-state index contributed by atoms with van der Waals surface area (Å²) >= 11 is 0. The van der Waals surface area contributed by atoms with Crippen LogP contribution in [0.1, 0.15) is 56.3 Å². The molecule has 0 amide bonds. The number of hydrogen-bond donors (Lipinski definition) is 1. The molecule has 5 nitrogen and oxygen atoms in total. The molecule has 5 heteroatoms. The highest BCUT2D eigenvalue weighted by Gasteiger charge is 2.39. The van der Waals surface area contributed by atoms with Crippen molar-refractivity contribution in [3.63, 3.8) is 0 Å². The van der Waals surface area contributed by atoms with Crippen molar-refractivity contribution >= 4 is 0 Å². The van der Waals surface area contributed by atoms with E-state index < -0.39 is 0 Å². The lowest BCUT2D eigenvalue weighted by atomic mass is 9.96. The van der Waals surface area contributed by atoms with Gasteiger partial charge >= 0.3 is 0 Å². The highest BCUT2D eigenvalue weighted by atomic mass is 16.5. The van der Waals surface area contributed by atoms with E-state index in [1.165, 1.54) is 6.42 Å². The first kappa shape index (κ1) is 11.2. The van der Waals surface area contributed by atoms with Gasteiger partial charge in [0.05, 0.1) is 18.8 Å². The van der Waals surface area contributed by atoms with Gasteiger partial charge in [-0.1, -0.05) is 12.1 Å². The summed E-state index contributed by atoms with van der Waals surface area (Å²) in [6.45, 7) is 2.68. The van der Waals surface area contributed by atoms with Crippen molar-refractivity contribution in [1.29, 1.82) is 0 Å². The second-order valence-electron chi connectivity index (χ2n) is 5.30. The number of hydrogen-bond acceptors (Lipinski definition) is 5. The summed E-state index contributed by atoms with van der Waals surface area (Å²) in [6.07, 6.45) is 5.13. The van der Waals surface area contributed by atoms with E-state index in [4.69, 9.17) is 15.0 Å². The molecule has 0 spiro atoms. The maximum Gasteiger partial charge on any atom is 0.230 e. The van der Waals surface area contributed by atoms with Crippen LogP contribution in [0.2, 0.25) is 0 Å². The van der Waals surface area contributed by atoms with Gasteiger partial charge in [-0.15, -0.1) is 0 Å².